The summed E-state index contributed by atoms with van der Waals surface area (Å²) in [7, 11) is 1.97. The smallest absolute Gasteiger partial charge is 0.273 e. The fraction of sp³-hybridized carbons (Fsp3) is 0.412. The zero-order valence-corrected chi connectivity index (χ0v) is 16.7. The minimum absolute atomic E-state index is 0. The number of carbonyl (C=O) groups is 1. The van der Waals surface area contributed by atoms with Crippen LogP contribution in [0.15, 0.2) is 23.6 Å². The number of nitrogens with zero attached hydrogens (tertiary/aromatic N) is 2. The summed E-state index contributed by atoms with van der Waals surface area (Å²) < 4.78 is 10.7. The lowest BCUT2D eigenvalue weighted by Crippen LogP contribution is -2.44. The van der Waals surface area contributed by atoms with Crippen molar-refractivity contribution in [1.82, 2.24) is 15.2 Å². The number of fused-ring (bicyclic) bond motifs is 1. The van der Waals surface area contributed by atoms with E-state index < -0.39 is 0 Å². The molecular weight excluding hydrogens is 397 g/mol. The quantitative estimate of drug-likeness (QED) is 0.830. The van der Waals surface area contributed by atoms with Crippen molar-refractivity contribution >= 4 is 42.1 Å². The Bertz CT molecular complexity index is 763. The number of benzene rings is 1. The standard InChI is InChI=1S/C17H19N3O3S.2ClH/c1-18-12-4-6-20(7-5-12)17(21)13-9-24-16(19-13)11-2-3-14-15(8-11)23-10-22-14;;/h2-3,8-9,12,18H,4-7,10H2,1H3;2*1H. The highest BCUT2D eigenvalue weighted by molar-refractivity contribution is 7.13. The Morgan fingerprint density at radius 2 is 1.96 bits per heavy atom. The second-order valence-corrected chi connectivity index (χ2v) is 6.82. The number of nitrogens with one attached hydrogen (secondary N) is 1. The molecule has 2 aliphatic heterocycles. The van der Waals surface area contributed by atoms with Crippen molar-refractivity contribution in [2.75, 3.05) is 26.9 Å². The number of hydrogen-bond acceptors (Lipinski definition) is 6. The van der Waals surface area contributed by atoms with Gasteiger partial charge in [-0.2, -0.15) is 0 Å². The van der Waals surface area contributed by atoms with Gasteiger partial charge in [0.15, 0.2) is 11.5 Å². The third kappa shape index (κ3) is 4.06. The predicted molar refractivity (Wildman–Crippen MR) is 106 cm³/mol. The molecule has 0 atom stereocenters. The molecule has 4 rings (SSSR count). The molecule has 2 aliphatic rings. The van der Waals surface area contributed by atoms with E-state index in [-0.39, 0.29) is 37.5 Å². The van der Waals surface area contributed by atoms with Crippen LogP contribution in [0.25, 0.3) is 10.6 Å². The van der Waals surface area contributed by atoms with Crippen LogP contribution in [0.2, 0.25) is 0 Å². The number of piperidine rings is 1. The molecule has 1 fully saturated rings. The minimum atomic E-state index is 0. The summed E-state index contributed by atoms with van der Waals surface area (Å²) in [6.07, 6.45) is 1.97. The highest BCUT2D eigenvalue weighted by atomic mass is 35.5. The first-order chi connectivity index (χ1) is 11.7. The third-order valence-corrected chi connectivity index (χ3v) is 5.42. The Hall–Kier alpha value is -1.54. The summed E-state index contributed by atoms with van der Waals surface area (Å²) in [4.78, 5) is 19.1. The summed E-state index contributed by atoms with van der Waals surface area (Å²) in [5.74, 6) is 1.50. The van der Waals surface area contributed by atoms with Crippen LogP contribution in [0.4, 0.5) is 0 Å². The third-order valence-electron chi connectivity index (χ3n) is 4.53. The lowest BCUT2D eigenvalue weighted by atomic mass is 10.1. The molecule has 9 heteroatoms. The molecule has 1 aromatic carbocycles. The fourth-order valence-electron chi connectivity index (χ4n) is 3.07. The van der Waals surface area contributed by atoms with E-state index in [0.29, 0.717) is 11.7 Å². The summed E-state index contributed by atoms with van der Waals surface area (Å²) in [5, 5.41) is 5.94. The van der Waals surface area contributed by atoms with Crippen molar-refractivity contribution in [3.63, 3.8) is 0 Å². The number of halogens is 2. The maximum absolute atomic E-state index is 12.6. The van der Waals surface area contributed by atoms with Crippen LogP contribution in [0.1, 0.15) is 23.3 Å². The number of hydrogen-bond donors (Lipinski definition) is 1. The summed E-state index contributed by atoms with van der Waals surface area (Å²) in [6, 6.07) is 6.24. The zero-order valence-electron chi connectivity index (χ0n) is 14.3. The van der Waals surface area contributed by atoms with E-state index in [1.165, 1.54) is 11.3 Å². The lowest BCUT2D eigenvalue weighted by molar-refractivity contribution is 0.0702. The highest BCUT2D eigenvalue weighted by Gasteiger charge is 2.24. The molecule has 3 heterocycles. The van der Waals surface area contributed by atoms with E-state index >= 15 is 0 Å². The predicted octanol–water partition coefficient (Wildman–Crippen LogP) is 3.21. The number of rotatable bonds is 3. The van der Waals surface area contributed by atoms with Gasteiger partial charge in [0.05, 0.1) is 0 Å². The maximum Gasteiger partial charge on any atom is 0.273 e. The summed E-state index contributed by atoms with van der Waals surface area (Å²) >= 11 is 1.48. The highest BCUT2D eigenvalue weighted by Crippen LogP contribution is 2.36. The van der Waals surface area contributed by atoms with Crippen LogP contribution in [0.5, 0.6) is 11.5 Å². The van der Waals surface area contributed by atoms with Crippen molar-refractivity contribution < 1.29 is 14.3 Å². The molecule has 2 aromatic rings. The Morgan fingerprint density at radius 3 is 2.69 bits per heavy atom. The number of ether oxygens (including phenoxy) is 2. The number of thiazole rings is 1. The van der Waals surface area contributed by atoms with E-state index in [4.69, 9.17) is 9.47 Å². The Labute approximate surface area is 168 Å². The van der Waals surface area contributed by atoms with Crippen molar-refractivity contribution in [3.8, 4) is 22.1 Å². The van der Waals surface area contributed by atoms with Gasteiger partial charge in [-0.05, 0) is 38.1 Å². The van der Waals surface area contributed by atoms with Crippen LogP contribution < -0.4 is 14.8 Å². The molecule has 0 saturated carbocycles. The van der Waals surface area contributed by atoms with Gasteiger partial charge in [-0.15, -0.1) is 36.2 Å². The zero-order chi connectivity index (χ0) is 16.5. The summed E-state index contributed by atoms with van der Waals surface area (Å²) in [5.41, 5.74) is 1.47. The van der Waals surface area contributed by atoms with Gasteiger partial charge in [0.1, 0.15) is 10.7 Å². The normalized spacial score (nSPS) is 16.0. The molecule has 1 N–H and O–H groups in total. The van der Waals surface area contributed by atoms with E-state index in [0.717, 1.165) is 48.0 Å². The molecule has 142 valence electrons. The molecule has 0 aliphatic carbocycles. The summed E-state index contributed by atoms with van der Waals surface area (Å²) in [6.45, 7) is 1.81. The molecule has 1 saturated heterocycles. The second-order valence-electron chi connectivity index (χ2n) is 5.96. The van der Waals surface area contributed by atoms with Crippen LogP contribution in [0.3, 0.4) is 0 Å². The minimum Gasteiger partial charge on any atom is -0.454 e. The Morgan fingerprint density at radius 1 is 1.23 bits per heavy atom. The molecule has 0 radical (unpaired) electrons. The molecule has 26 heavy (non-hydrogen) atoms. The van der Waals surface area contributed by atoms with E-state index in [2.05, 4.69) is 10.3 Å². The van der Waals surface area contributed by atoms with Gasteiger partial charge in [-0.25, -0.2) is 4.98 Å². The van der Waals surface area contributed by atoms with Gasteiger partial charge in [0.2, 0.25) is 6.79 Å². The topological polar surface area (TPSA) is 63.7 Å². The Kier molecular flexibility index (Phi) is 7.11. The maximum atomic E-state index is 12.6. The van der Waals surface area contributed by atoms with Crippen molar-refractivity contribution in [2.24, 2.45) is 0 Å². The van der Waals surface area contributed by atoms with Crippen molar-refractivity contribution in [3.05, 3.63) is 29.3 Å². The van der Waals surface area contributed by atoms with Crippen LogP contribution in [-0.2, 0) is 0 Å². The second kappa shape index (κ2) is 8.90. The van der Waals surface area contributed by atoms with Gasteiger partial charge < -0.3 is 19.7 Å². The molecular formula is C17H21Cl2N3O3S. The number of amides is 1. The largest absolute Gasteiger partial charge is 0.454 e. The van der Waals surface area contributed by atoms with Crippen LogP contribution in [-0.4, -0.2) is 48.8 Å². The number of carbonyl (C=O) groups excluding carboxylic acids is 1. The first-order valence-electron chi connectivity index (χ1n) is 8.06. The fourth-order valence-corrected chi connectivity index (χ4v) is 3.86. The first-order valence-corrected chi connectivity index (χ1v) is 8.94. The van der Waals surface area contributed by atoms with Crippen molar-refractivity contribution in [2.45, 2.75) is 18.9 Å². The van der Waals surface area contributed by atoms with Gasteiger partial charge in [-0.3, -0.25) is 4.79 Å². The molecule has 0 unspecified atom stereocenters. The molecule has 1 aromatic heterocycles. The average molecular weight is 418 g/mol. The molecule has 1 amide bonds. The monoisotopic (exact) mass is 417 g/mol. The molecule has 6 nitrogen and oxygen atoms in total. The van der Waals surface area contributed by atoms with E-state index in [1.807, 2.05) is 35.5 Å². The number of aromatic nitrogens is 1. The van der Waals surface area contributed by atoms with E-state index in [9.17, 15) is 4.79 Å². The van der Waals surface area contributed by atoms with Crippen molar-refractivity contribution in [1.29, 1.82) is 0 Å². The van der Waals surface area contributed by atoms with Crippen LogP contribution in [0, 0.1) is 0 Å². The molecule has 0 spiro atoms. The van der Waals surface area contributed by atoms with E-state index in [1.54, 1.807) is 0 Å². The number of likely N-dealkylation sites (tertiary alicyclic amines) is 1. The van der Waals surface area contributed by atoms with Gasteiger partial charge in [0, 0.05) is 30.1 Å². The lowest BCUT2D eigenvalue weighted by Gasteiger charge is -2.31. The van der Waals surface area contributed by atoms with Gasteiger partial charge in [-0.1, -0.05) is 0 Å². The average Bonchev–Trinajstić information content (AvgIpc) is 3.29. The van der Waals surface area contributed by atoms with Gasteiger partial charge >= 0.3 is 0 Å². The Balaban J connectivity index is 0.00000121. The SMILES string of the molecule is CNC1CCN(C(=O)c2csc(-c3ccc4c(c3)OCO4)n2)CC1.Cl.Cl. The first kappa shape index (κ1) is 20.8. The van der Waals surface area contributed by atoms with Crippen LogP contribution >= 0.6 is 36.2 Å². The molecule has 0 bridgehead atoms. The van der Waals surface area contributed by atoms with Gasteiger partial charge in [0.25, 0.3) is 5.91 Å².